The fraction of sp³-hybridized carbons (Fsp3) is 0.357. The quantitative estimate of drug-likeness (QED) is 0.881. The lowest BCUT2D eigenvalue weighted by molar-refractivity contribution is 0.258. The molecule has 0 fully saturated rings. The monoisotopic (exact) mass is 328 g/mol. The minimum Gasteiger partial charge on any atom is -0.396 e. The number of sulfonamides is 1. The van der Waals surface area contributed by atoms with Crippen molar-refractivity contribution in [3.8, 4) is 0 Å². The fourth-order valence-corrected chi connectivity index (χ4v) is 3.06. The van der Waals surface area contributed by atoms with Crippen LogP contribution >= 0.6 is 11.3 Å². The Balaban J connectivity index is 0.000000219. The molecule has 0 bridgehead atoms. The molecule has 0 aliphatic carbocycles. The number of hydrogen-bond acceptors (Lipinski definition) is 5. The fourth-order valence-electron chi connectivity index (χ4n) is 1.79. The molecule has 3 N–H and O–H groups in total. The topological polar surface area (TPSA) is 93.3 Å². The van der Waals surface area contributed by atoms with Crippen LogP contribution in [0.15, 0.2) is 46.2 Å². The van der Waals surface area contributed by atoms with Crippen molar-refractivity contribution < 1.29 is 13.5 Å². The minimum absolute atomic E-state index is 0.0394. The zero-order valence-corrected chi connectivity index (χ0v) is 13.5. The zero-order valence-electron chi connectivity index (χ0n) is 11.8. The molecule has 5 nitrogen and oxygen atoms in total. The second kappa shape index (κ2) is 8.89. The second-order valence-corrected chi connectivity index (χ2v) is 7.05. The SMILES string of the molecule is CCCC(CO)c1ccccc1.NS(=O)(=O)c1nccs1. The summed E-state index contributed by atoms with van der Waals surface area (Å²) in [6, 6.07) is 10.2. The van der Waals surface area contributed by atoms with E-state index in [1.165, 1.54) is 11.8 Å². The van der Waals surface area contributed by atoms with Crippen LogP contribution < -0.4 is 5.14 Å². The molecule has 116 valence electrons. The maximum atomic E-state index is 10.4. The molecule has 1 atom stereocenters. The number of nitrogens with two attached hydrogens (primary N) is 1. The van der Waals surface area contributed by atoms with E-state index in [0.29, 0.717) is 5.92 Å². The molecule has 0 spiro atoms. The normalized spacial score (nSPS) is 12.3. The van der Waals surface area contributed by atoms with E-state index in [9.17, 15) is 8.42 Å². The van der Waals surface area contributed by atoms with Crippen molar-refractivity contribution in [1.82, 2.24) is 4.98 Å². The van der Waals surface area contributed by atoms with Gasteiger partial charge in [-0.3, -0.25) is 0 Å². The molecule has 1 unspecified atom stereocenters. The second-order valence-electron chi connectivity index (χ2n) is 4.42. The Morgan fingerprint density at radius 2 is 2.00 bits per heavy atom. The summed E-state index contributed by atoms with van der Waals surface area (Å²) in [4.78, 5) is 3.49. The van der Waals surface area contributed by atoms with Gasteiger partial charge in [-0.05, 0) is 12.0 Å². The molecule has 2 rings (SSSR count). The molecule has 0 aliphatic rings. The third-order valence-corrected chi connectivity index (χ3v) is 4.92. The van der Waals surface area contributed by atoms with Crippen LogP contribution in [-0.4, -0.2) is 25.1 Å². The summed E-state index contributed by atoms with van der Waals surface area (Å²) in [5.74, 6) is 0.330. The van der Waals surface area contributed by atoms with Crippen molar-refractivity contribution in [2.75, 3.05) is 6.61 Å². The molecule has 2 aromatic rings. The van der Waals surface area contributed by atoms with Crippen molar-refractivity contribution in [3.05, 3.63) is 47.5 Å². The molecule has 0 radical (unpaired) electrons. The first-order valence-electron chi connectivity index (χ1n) is 6.57. The molecule has 1 aromatic heterocycles. The van der Waals surface area contributed by atoms with E-state index < -0.39 is 10.0 Å². The van der Waals surface area contributed by atoms with Crippen LogP contribution in [-0.2, 0) is 10.0 Å². The average molecular weight is 328 g/mol. The van der Waals surface area contributed by atoms with Crippen molar-refractivity contribution in [2.24, 2.45) is 5.14 Å². The van der Waals surface area contributed by atoms with Crippen molar-refractivity contribution in [2.45, 2.75) is 30.0 Å². The van der Waals surface area contributed by atoms with Crippen LogP contribution in [0.2, 0.25) is 0 Å². The average Bonchev–Trinajstić information content (AvgIpc) is 3.01. The van der Waals surface area contributed by atoms with Gasteiger partial charge < -0.3 is 5.11 Å². The Morgan fingerprint density at radius 3 is 2.38 bits per heavy atom. The molecular formula is C14H20N2O3S2. The maximum Gasteiger partial charge on any atom is 0.265 e. The Kier molecular flexibility index (Phi) is 7.52. The van der Waals surface area contributed by atoms with E-state index in [0.717, 1.165) is 24.2 Å². The van der Waals surface area contributed by atoms with Gasteiger partial charge in [-0.15, -0.1) is 11.3 Å². The molecular weight excluding hydrogens is 308 g/mol. The largest absolute Gasteiger partial charge is 0.396 e. The van der Waals surface area contributed by atoms with Gasteiger partial charge in [-0.1, -0.05) is 43.7 Å². The molecule has 21 heavy (non-hydrogen) atoms. The standard InChI is InChI=1S/C11H16O.C3H4N2O2S2/c1-2-6-11(9-12)10-7-4-3-5-8-10;4-9(6,7)3-5-1-2-8-3/h3-5,7-8,11-12H,2,6,9H2,1H3;1-2H,(H2,4,6,7). The number of rotatable bonds is 5. The molecule has 0 amide bonds. The van der Waals surface area contributed by atoms with Gasteiger partial charge in [0.1, 0.15) is 0 Å². The first-order chi connectivity index (χ1) is 9.99. The van der Waals surface area contributed by atoms with Crippen LogP contribution in [0.1, 0.15) is 31.2 Å². The third-order valence-electron chi connectivity index (χ3n) is 2.78. The predicted molar refractivity (Wildman–Crippen MR) is 84.7 cm³/mol. The summed E-state index contributed by atoms with van der Waals surface area (Å²) < 4.78 is 20.8. The predicted octanol–water partition coefficient (Wildman–Crippen LogP) is 2.35. The highest BCUT2D eigenvalue weighted by atomic mass is 32.2. The van der Waals surface area contributed by atoms with Crippen LogP contribution in [0, 0.1) is 0 Å². The molecule has 0 aliphatic heterocycles. The van der Waals surface area contributed by atoms with Gasteiger partial charge in [0.05, 0.1) is 0 Å². The molecule has 0 saturated carbocycles. The number of thiazole rings is 1. The molecule has 0 saturated heterocycles. The number of aliphatic hydroxyl groups excluding tert-OH is 1. The van der Waals surface area contributed by atoms with Gasteiger partial charge in [-0.2, -0.15) is 0 Å². The number of hydrogen-bond donors (Lipinski definition) is 2. The summed E-state index contributed by atoms with van der Waals surface area (Å²) in [6.45, 7) is 2.41. The van der Waals surface area contributed by atoms with E-state index >= 15 is 0 Å². The molecule has 7 heteroatoms. The maximum absolute atomic E-state index is 10.4. The van der Waals surface area contributed by atoms with E-state index in [-0.39, 0.29) is 10.9 Å². The minimum atomic E-state index is -3.55. The van der Waals surface area contributed by atoms with E-state index in [1.54, 1.807) is 5.38 Å². The van der Waals surface area contributed by atoms with Crippen molar-refractivity contribution >= 4 is 21.4 Å². The molecule has 1 aromatic carbocycles. The van der Waals surface area contributed by atoms with Crippen LogP contribution in [0.4, 0.5) is 0 Å². The van der Waals surface area contributed by atoms with Crippen LogP contribution in [0.3, 0.4) is 0 Å². The summed E-state index contributed by atoms with van der Waals surface area (Å²) in [7, 11) is -3.55. The Morgan fingerprint density at radius 1 is 1.33 bits per heavy atom. The van der Waals surface area contributed by atoms with Gasteiger partial charge in [-0.25, -0.2) is 18.5 Å². The number of nitrogens with zero attached hydrogens (tertiary/aromatic N) is 1. The third kappa shape index (κ3) is 6.34. The van der Waals surface area contributed by atoms with Crippen molar-refractivity contribution in [1.29, 1.82) is 0 Å². The van der Waals surface area contributed by atoms with Gasteiger partial charge in [0.2, 0.25) is 4.34 Å². The number of primary sulfonamides is 1. The highest BCUT2D eigenvalue weighted by Gasteiger charge is 2.08. The highest BCUT2D eigenvalue weighted by molar-refractivity contribution is 7.91. The number of aliphatic hydroxyl groups is 1. The summed E-state index contributed by atoms with van der Waals surface area (Å²) in [6.07, 6.45) is 3.59. The first kappa shape index (κ1) is 17.8. The summed E-state index contributed by atoms with van der Waals surface area (Å²) in [5, 5.41) is 15.4. The number of benzene rings is 1. The van der Waals surface area contributed by atoms with E-state index in [1.807, 2.05) is 18.2 Å². The smallest absolute Gasteiger partial charge is 0.265 e. The van der Waals surface area contributed by atoms with Gasteiger partial charge in [0.25, 0.3) is 10.0 Å². The lowest BCUT2D eigenvalue weighted by Gasteiger charge is -2.12. The number of aromatic nitrogens is 1. The Labute approximate surface area is 129 Å². The van der Waals surface area contributed by atoms with E-state index in [4.69, 9.17) is 10.2 Å². The van der Waals surface area contributed by atoms with Gasteiger partial charge in [0.15, 0.2) is 0 Å². The first-order valence-corrected chi connectivity index (χ1v) is 8.99. The summed E-state index contributed by atoms with van der Waals surface area (Å²) >= 11 is 1.01. The van der Waals surface area contributed by atoms with Crippen LogP contribution in [0.25, 0.3) is 0 Å². The van der Waals surface area contributed by atoms with Crippen molar-refractivity contribution in [3.63, 3.8) is 0 Å². The Hall–Kier alpha value is -1.28. The van der Waals surface area contributed by atoms with Gasteiger partial charge in [0, 0.05) is 24.1 Å². The zero-order chi connectivity index (χ0) is 15.7. The Bertz CT molecular complexity index is 598. The summed E-state index contributed by atoms with van der Waals surface area (Å²) in [5.41, 5.74) is 1.25. The van der Waals surface area contributed by atoms with E-state index in [2.05, 4.69) is 24.0 Å². The lowest BCUT2D eigenvalue weighted by Crippen LogP contribution is -2.11. The van der Waals surface area contributed by atoms with Crippen LogP contribution in [0.5, 0.6) is 0 Å². The highest BCUT2D eigenvalue weighted by Crippen LogP contribution is 2.19. The van der Waals surface area contributed by atoms with Gasteiger partial charge >= 0.3 is 0 Å². The lowest BCUT2D eigenvalue weighted by atomic mass is 9.96. The molecule has 1 heterocycles.